The molecule has 0 aromatic heterocycles. The van der Waals surface area contributed by atoms with E-state index in [1.54, 1.807) is 26.4 Å². The number of benzene rings is 5. The maximum absolute atomic E-state index is 14.8. The summed E-state index contributed by atoms with van der Waals surface area (Å²) in [7, 11) is 3.34. The second-order valence-electron chi connectivity index (χ2n) is 11.1. The fourth-order valence-electron chi connectivity index (χ4n) is 7.27. The molecule has 0 fully saturated rings. The highest BCUT2D eigenvalue weighted by Gasteiger charge is 2.47. The van der Waals surface area contributed by atoms with Crippen LogP contribution in [0, 0.1) is 5.82 Å². The van der Waals surface area contributed by atoms with E-state index in [4.69, 9.17) is 14.2 Å². The minimum atomic E-state index is -0.888. The van der Waals surface area contributed by atoms with Crippen molar-refractivity contribution in [2.24, 2.45) is 0 Å². The van der Waals surface area contributed by atoms with Gasteiger partial charge in [0, 0.05) is 27.5 Å². The molecule has 0 spiro atoms. The van der Waals surface area contributed by atoms with Gasteiger partial charge in [-0.1, -0.05) is 74.5 Å². The number of rotatable bonds is 6. The average molecular weight is 557 g/mol. The minimum absolute atomic E-state index is 0.198. The van der Waals surface area contributed by atoms with E-state index in [1.807, 2.05) is 30.3 Å². The first-order valence-electron chi connectivity index (χ1n) is 14.6. The zero-order chi connectivity index (χ0) is 29.1. The van der Waals surface area contributed by atoms with Crippen LogP contribution in [0.25, 0.3) is 28.0 Å². The van der Waals surface area contributed by atoms with Gasteiger partial charge in [0.15, 0.2) is 5.60 Å². The highest BCUT2D eigenvalue weighted by molar-refractivity contribution is 6.08. The molecular weight excluding hydrogens is 523 g/mol. The Morgan fingerprint density at radius 1 is 0.738 bits per heavy atom. The number of hydrogen-bond donors (Lipinski definition) is 0. The number of methoxy groups -OCH3 is 2. The van der Waals surface area contributed by atoms with Crippen molar-refractivity contribution in [3.05, 3.63) is 131 Å². The van der Waals surface area contributed by atoms with Crippen LogP contribution in [-0.2, 0) is 11.0 Å². The van der Waals surface area contributed by atoms with Gasteiger partial charge in [-0.25, -0.2) is 4.39 Å². The zero-order valence-electron chi connectivity index (χ0n) is 24.3. The molecule has 210 valence electrons. The van der Waals surface area contributed by atoms with Crippen molar-refractivity contribution in [2.75, 3.05) is 14.2 Å². The van der Waals surface area contributed by atoms with E-state index in [1.165, 1.54) is 11.1 Å². The quantitative estimate of drug-likeness (QED) is 0.208. The van der Waals surface area contributed by atoms with Gasteiger partial charge in [0.05, 0.1) is 14.2 Å². The Labute approximate surface area is 246 Å². The topological polar surface area (TPSA) is 27.7 Å². The van der Waals surface area contributed by atoms with Crippen LogP contribution in [0.15, 0.2) is 97.1 Å². The van der Waals surface area contributed by atoms with Crippen LogP contribution in [0.2, 0.25) is 0 Å². The molecule has 3 nitrogen and oxygen atoms in total. The smallest absolute Gasteiger partial charge is 0.178 e. The molecule has 1 aliphatic carbocycles. The van der Waals surface area contributed by atoms with E-state index >= 15 is 0 Å². The summed E-state index contributed by atoms with van der Waals surface area (Å²) in [6, 6.07) is 29.9. The summed E-state index contributed by atoms with van der Waals surface area (Å²) in [5.74, 6) is 2.22. The molecule has 2 aliphatic rings. The lowest BCUT2D eigenvalue weighted by Gasteiger charge is -2.39. The summed E-state index contributed by atoms with van der Waals surface area (Å²) >= 11 is 0. The van der Waals surface area contributed by atoms with E-state index in [9.17, 15) is 4.39 Å². The predicted molar refractivity (Wildman–Crippen MR) is 167 cm³/mol. The second kappa shape index (κ2) is 9.77. The molecule has 0 saturated carbocycles. The molecule has 7 rings (SSSR count). The van der Waals surface area contributed by atoms with Crippen molar-refractivity contribution in [3.8, 4) is 28.4 Å². The van der Waals surface area contributed by atoms with Crippen LogP contribution >= 0.6 is 0 Å². The fraction of sp³-hybridized carbons (Fsp3) is 0.211. The SMILES string of the molecule is CCC1(CC)c2cc(F)ccc2-c2c1c1c(c3ccccc23)OC(c2ccc(OC)cc2)(c2ccc(OC)cc2)C=C1. The van der Waals surface area contributed by atoms with Crippen molar-refractivity contribution in [1.29, 1.82) is 0 Å². The number of hydrogen-bond acceptors (Lipinski definition) is 3. The second-order valence-corrected chi connectivity index (χ2v) is 11.1. The number of halogens is 1. The van der Waals surface area contributed by atoms with Gasteiger partial charge in [0.2, 0.25) is 0 Å². The molecule has 0 N–H and O–H groups in total. The summed E-state index contributed by atoms with van der Waals surface area (Å²) in [4.78, 5) is 0. The average Bonchev–Trinajstić information content (AvgIpc) is 3.34. The van der Waals surface area contributed by atoms with Crippen LogP contribution in [0.4, 0.5) is 4.39 Å². The summed E-state index contributed by atoms with van der Waals surface area (Å²) in [5.41, 5.74) is 6.44. The lowest BCUT2D eigenvalue weighted by Crippen LogP contribution is -2.35. The fourth-order valence-corrected chi connectivity index (χ4v) is 7.27. The molecule has 0 bridgehead atoms. The maximum atomic E-state index is 14.8. The highest BCUT2D eigenvalue weighted by atomic mass is 19.1. The van der Waals surface area contributed by atoms with Gasteiger partial charge >= 0.3 is 0 Å². The van der Waals surface area contributed by atoms with Gasteiger partial charge in [-0.05, 0) is 83.0 Å². The van der Waals surface area contributed by atoms with Crippen LogP contribution in [0.3, 0.4) is 0 Å². The largest absolute Gasteiger partial charge is 0.497 e. The van der Waals surface area contributed by atoms with E-state index in [-0.39, 0.29) is 11.2 Å². The number of ether oxygens (including phenoxy) is 3. The minimum Gasteiger partial charge on any atom is -0.497 e. The van der Waals surface area contributed by atoms with Crippen molar-refractivity contribution >= 4 is 16.8 Å². The predicted octanol–water partition coefficient (Wildman–Crippen LogP) is 9.43. The Balaban J connectivity index is 1.55. The molecule has 1 aliphatic heterocycles. The number of fused-ring (bicyclic) bond motifs is 8. The van der Waals surface area contributed by atoms with E-state index in [0.29, 0.717) is 0 Å². The van der Waals surface area contributed by atoms with Crippen LogP contribution < -0.4 is 14.2 Å². The summed E-state index contributed by atoms with van der Waals surface area (Å²) in [5, 5.41) is 2.16. The van der Waals surface area contributed by atoms with Crippen LogP contribution in [0.1, 0.15) is 54.5 Å². The Bertz CT molecular complexity index is 1800. The van der Waals surface area contributed by atoms with Gasteiger partial charge < -0.3 is 14.2 Å². The van der Waals surface area contributed by atoms with Crippen molar-refractivity contribution in [1.82, 2.24) is 0 Å². The lowest BCUT2D eigenvalue weighted by molar-refractivity contribution is 0.163. The Morgan fingerprint density at radius 2 is 1.33 bits per heavy atom. The van der Waals surface area contributed by atoms with Gasteiger partial charge in [0.1, 0.15) is 23.1 Å². The Morgan fingerprint density at radius 3 is 1.90 bits per heavy atom. The normalized spacial score (nSPS) is 15.5. The molecule has 0 saturated heterocycles. The zero-order valence-corrected chi connectivity index (χ0v) is 24.3. The highest BCUT2D eigenvalue weighted by Crippen LogP contribution is 2.60. The molecule has 1 heterocycles. The molecule has 0 atom stereocenters. The monoisotopic (exact) mass is 556 g/mol. The lowest BCUT2D eigenvalue weighted by atomic mass is 9.71. The summed E-state index contributed by atoms with van der Waals surface area (Å²) in [6.45, 7) is 4.42. The first kappa shape index (κ1) is 26.3. The molecule has 5 aromatic rings. The molecule has 0 unspecified atom stereocenters. The van der Waals surface area contributed by atoms with Gasteiger partial charge in [0.25, 0.3) is 0 Å². The third-order valence-corrected chi connectivity index (χ3v) is 9.44. The van der Waals surface area contributed by atoms with Crippen LogP contribution in [-0.4, -0.2) is 14.2 Å². The third kappa shape index (κ3) is 3.57. The van der Waals surface area contributed by atoms with Gasteiger partial charge in [-0.15, -0.1) is 0 Å². The molecule has 4 heteroatoms. The first-order chi connectivity index (χ1) is 20.5. The molecule has 0 radical (unpaired) electrons. The Kier molecular flexibility index (Phi) is 6.12. The van der Waals surface area contributed by atoms with Crippen molar-refractivity contribution < 1.29 is 18.6 Å². The van der Waals surface area contributed by atoms with Crippen molar-refractivity contribution in [3.63, 3.8) is 0 Å². The molecular formula is C38H33FO3. The van der Waals surface area contributed by atoms with E-state index < -0.39 is 5.60 Å². The Hall–Kier alpha value is -4.57. The third-order valence-electron chi connectivity index (χ3n) is 9.44. The summed E-state index contributed by atoms with van der Waals surface area (Å²) < 4.78 is 33.1. The summed E-state index contributed by atoms with van der Waals surface area (Å²) in [6.07, 6.45) is 6.12. The molecule has 0 amide bonds. The van der Waals surface area contributed by atoms with E-state index in [2.05, 4.69) is 74.5 Å². The first-order valence-corrected chi connectivity index (χ1v) is 14.6. The van der Waals surface area contributed by atoms with E-state index in [0.717, 1.165) is 68.7 Å². The van der Waals surface area contributed by atoms with Gasteiger partial charge in [-0.3, -0.25) is 0 Å². The molecule has 42 heavy (non-hydrogen) atoms. The molecule has 5 aromatic carbocycles. The maximum Gasteiger partial charge on any atom is 0.178 e. The van der Waals surface area contributed by atoms with Crippen molar-refractivity contribution in [2.45, 2.75) is 37.7 Å². The van der Waals surface area contributed by atoms with Crippen LogP contribution in [0.5, 0.6) is 17.2 Å². The van der Waals surface area contributed by atoms with Gasteiger partial charge in [-0.2, -0.15) is 0 Å². The standard InChI is InChI=1S/C38H33FO3/c1-5-37(6-2)33-23-26(39)15-20-31(33)34-29-9-7-8-10-30(29)36-32(35(34)37)21-22-38(42-36,24-11-16-27(40-3)17-12-24)25-13-18-28(41-4)19-14-25/h7-23H,5-6H2,1-4H3.